The Balaban J connectivity index is 0.869. The van der Waals surface area contributed by atoms with E-state index in [0.29, 0.717) is 28.5 Å². The SMILES string of the molecule is N#Cc1cccc(-c2cccc(-c3nc(-c4ccc(-c5ccccc5)cc4)nc(-c4ccc5c(c4)c4ccccc4n5-c4ccc(-c5ccc(C67CC8CC(CC(C8)C6)C7)cc5)cc4)n3)c2)c1. The predicted octanol–water partition coefficient (Wildman–Crippen LogP) is 15.3. The molecule has 10 aromatic rings. The second kappa shape index (κ2) is 15.9. The van der Waals surface area contributed by atoms with Gasteiger partial charge in [-0.1, -0.05) is 140 Å². The molecule has 4 saturated carbocycles. The first-order chi connectivity index (χ1) is 33.0. The number of para-hydroxylation sites is 1. The van der Waals surface area contributed by atoms with Crippen molar-refractivity contribution in [1.29, 1.82) is 5.26 Å². The molecule has 0 atom stereocenters. The largest absolute Gasteiger partial charge is 0.309 e. The number of hydrogen-bond donors (Lipinski definition) is 0. The molecule has 4 aliphatic carbocycles. The summed E-state index contributed by atoms with van der Waals surface area (Å²) in [6.07, 6.45) is 8.60. The number of rotatable bonds is 8. The quantitative estimate of drug-likeness (QED) is 0.153. The predicted molar refractivity (Wildman–Crippen MR) is 271 cm³/mol. The third-order valence-electron chi connectivity index (χ3n) is 15.3. The molecule has 2 aromatic heterocycles. The minimum Gasteiger partial charge on any atom is -0.309 e. The summed E-state index contributed by atoms with van der Waals surface area (Å²) in [4.78, 5) is 15.5. The van der Waals surface area contributed by atoms with E-state index in [0.717, 1.165) is 78.8 Å². The molecule has 0 unspecified atom stereocenters. The fourth-order valence-electron chi connectivity index (χ4n) is 12.5. The highest BCUT2D eigenvalue weighted by Crippen LogP contribution is 2.60. The fourth-order valence-corrected chi connectivity index (χ4v) is 12.5. The van der Waals surface area contributed by atoms with Gasteiger partial charge < -0.3 is 4.57 Å². The molecule has 0 N–H and O–H groups in total. The Bertz CT molecular complexity index is 3510. The van der Waals surface area contributed by atoms with Gasteiger partial charge in [-0.3, -0.25) is 0 Å². The van der Waals surface area contributed by atoms with Gasteiger partial charge in [0.25, 0.3) is 0 Å². The zero-order chi connectivity index (χ0) is 44.5. The summed E-state index contributed by atoms with van der Waals surface area (Å²) in [6.45, 7) is 0. The van der Waals surface area contributed by atoms with Crippen molar-refractivity contribution in [2.45, 2.75) is 43.9 Å². The highest BCUT2D eigenvalue weighted by Gasteiger charge is 2.51. The van der Waals surface area contributed by atoms with E-state index in [9.17, 15) is 5.26 Å². The Labute approximate surface area is 391 Å². The van der Waals surface area contributed by atoms with Crippen molar-refractivity contribution in [2.24, 2.45) is 17.8 Å². The van der Waals surface area contributed by atoms with Gasteiger partial charge in [-0.15, -0.1) is 0 Å². The van der Waals surface area contributed by atoms with Crippen LogP contribution in [0.3, 0.4) is 0 Å². The number of benzene rings is 8. The van der Waals surface area contributed by atoms with E-state index < -0.39 is 0 Å². The summed E-state index contributed by atoms with van der Waals surface area (Å²) in [5, 5.41) is 11.9. The van der Waals surface area contributed by atoms with Gasteiger partial charge in [0.2, 0.25) is 0 Å². The van der Waals surface area contributed by atoms with E-state index in [2.05, 4.69) is 162 Å². The highest BCUT2D eigenvalue weighted by atomic mass is 15.0. The van der Waals surface area contributed by atoms with Gasteiger partial charge in [0.15, 0.2) is 17.5 Å². The lowest BCUT2D eigenvalue weighted by molar-refractivity contribution is -0.00518. The van der Waals surface area contributed by atoms with Crippen molar-refractivity contribution < 1.29 is 0 Å². The van der Waals surface area contributed by atoms with Crippen LogP contribution in [-0.4, -0.2) is 19.5 Å². The number of fused-ring (bicyclic) bond motifs is 3. The van der Waals surface area contributed by atoms with Crippen LogP contribution < -0.4 is 0 Å². The molecular formula is C62H47N5. The summed E-state index contributed by atoms with van der Waals surface area (Å²) < 4.78 is 2.37. The number of aromatic nitrogens is 4. The van der Waals surface area contributed by atoms with Gasteiger partial charge in [-0.25, -0.2) is 15.0 Å². The van der Waals surface area contributed by atoms with Crippen molar-refractivity contribution in [2.75, 3.05) is 0 Å². The van der Waals surface area contributed by atoms with Crippen molar-refractivity contribution in [3.63, 3.8) is 0 Å². The number of nitrogens with zero attached hydrogens (tertiary/aromatic N) is 5. The number of nitriles is 1. The van der Waals surface area contributed by atoms with E-state index in [-0.39, 0.29) is 0 Å². The van der Waals surface area contributed by atoms with Crippen molar-refractivity contribution in [3.8, 4) is 79.3 Å². The van der Waals surface area contributed by atoms with Crippen LogP contribution in [-0.2, 0) is 5.41 Å². The first kappa shape index (κ1) is 39.4. The van der Waals surface area contributed by atoms with Gasteiger partial charge in [0.1, 0.15) is 0 Å². The molecule has 2 heterocycles. The summed E-state index contributed by atoms with van der Waals surface area (Å²) in [6, 6.07) is 71.0. The molecule has 320 valence electrons. The Morgan fingerprint density at radius 1 is 0.403 bits per heavy atom. The molecule has 67 heavy (non-hydrogen) atoms. The van der Waals surface area contributed by atoms with Crippen molar-refractivity contribution in [3.05, 3.63) is 205 Å². The molecule has 5 nitrogen and oxygen atoms in total. The minimum absolute atomic E-state index is 0.413. The zero-order valence-electron chi connectivity index (χ0n) is 37.2. The third kappa shape index (κ3) is 7.03. The van der Waals surface area contributed by atoms with Crippen molar-refractivity contribution in [1.82, 2.24) is 19.5 Å². The standard InChI is InChI=1S/C62H47N5/c63-39-40-8-6-11-49(33-40)50-12-7-13-51(34-50)60-64-59(48-18-16-45(17-19-48)44-9-2-1-3-10-44)65-61(66-60)52-24-29-58-56(35-52)55-14-4-5-15-57(55)67(58)54-27-22-47(23-28-54)46-20-25-53(26-21-46)62-36-41-30-42(37-62)32-43(31-41)38-62/h1-29,33-35,41-43H,30-32,36-38H2. The van der Waals surface area contributed by atoms with Gasteiger partial charge in [0.05, 0.1) is 22.7 Å². The van der Waals surface area contributed by atoms with Gasteiger partial charge in [0, 0.05) is 33.2 Å². The normalized spacial score (nSPS) is 19.5. The summed E-state index contributed by atoms with van der Waals surface area (Å²) in [5.41, 5.74) is 15.4. The molecule has 8 aromatic carbocycles. The Hall–Kier alpha value is -7.94. The molecule has 4 aliphatic rings. The lowest BCUT2D eigenvalue weighted by Gasteiger charge is -2.57. The molecule has 0 spiro atoms. The van der Waals surface area contributed by atoms with E-state index in [1.807, 2.05) is 42.5 Å². The molecular weight excluding hydrogens is 815 g/mol. The molecule has 14 rings (SSSR count). The van der Waals surface area contributed by atoms with E-state index >= 15 is 0 Å². The molecule has 0 aliphatic heterocycles. The summed E-state index contributed by atoms with van der Waals surface area (Å²) >= 11 is 0. The van der Waals surface area contributed by atoms with Crippen molar-refractivity contribution >= 4 is 21.8 Å². The molecule has 0 radical (unpaired) electrons. The second-order valence-corrected chi connectivity index (χ2v) is 19.4. The minimum atomic E-state index is 0.413. The summed E-state index contributed by atoms with van der Waals surface area (Å²) in [7, 11) is 0. The summed E-state index contributed by atoms with van der Waals surface area (Å²) in [5.74, 6) is 4.61. The van der Waals surface area contributed by atoms with Crippen LogP contribution in [0.25, 0.3) is 95.0 Å². The van der Waals surface area contributed by atoms with E-state index in [1.165, 1.54) is 55.0 Å². The van der Waals surface area contributed by atoms with Crippen LogP contribution in [0, 0.1) is 29.1 Å². The maximum Gasteiger partial charge on any atom is 0.164 e. The monoisotopic (exact) mass is 861 g/mol. The molecule has 4 bridgehead atoms. The molecule has 0 saturated heterocycles. The molecule has 0 amide bonds. The van der Waals surface area contributed by atoms with E-state index in [1.54, 1.807) is 5.56 Å². The number of hydrogen-bond acceptors (Lipinski definition) is 4. The highest BCUT2D eigenvalue weighted by molar-refractivity contribution is 6.10. The topological polar surface area (TPSA) is 67.4 Å². The van der Waals surface area contributed by atoms with Crippen LogP contribution in [0.15, 0.2) is 194 Å². The lowest BCUT2D eigenvalue weighted by atomic mass is 9.48. The average Bonchev–Trinajstić information content (AvgIpc) is 3.72. The zero-order valence-corrected chi connectivity index (χ0v) is 37.2. The van der Waals surface area contributed by atoms with Crippen LogP contribution in [0.1, 0.15) is 49.7 Å². The maximum atomic E-state index is 9.62. The van der Waals surface area contributed by atoms with Gasteiger partial charge in [-0.05, 0) is 155 Å². The second-order valence-electron chi connectivity index (χ2n) is 19.4. The van der Waals surface area contributed by atoms with Gasteiger partial charge in [-0.2, -0.15) is 5.26 Å². The van der Waals surface area contributed by atoms with Crippen LogP contribution >= 0.6 is 0 Å². The molecule has 4 fully saturated rings. The molecule has 5 heteroatoms. The third-order valence-corrected chi connectivity index (χ3v) is 15.3. The van der Waals surface area contributed by atoms with E-state index in [4.69, 9.17) is 15.0 Å². The first-order valence-electron chi connectivity index (χ1n) is 23.8. The average molecular weight is 862 g/mol. The Kier molecular flexibility index (Phi) is 9.35. The Morgan fingerprint density at radius 3 is 1.55 bits per heavy atom. The fraction of sp³-hybridized carbons (Fsp3) is 0.161. The first-order valence-corrected chi connectivity index (χ1v) is 23.8. The Morgan fingerprint density at radius 2 is 0.881 bits per heavy atom. The van der Waals surface area contributed by atoms with Crippen LogP contribution in [0.4, 0.5) is 0 Å². The van der Waals surface area contributed by atoms with Crippen LogP contribution in [0.2, 0.25) is 0 Å². The lowest BCUT2D eigenvalue weighted by Crippen LogP contribution is -2.48. The maximum absolute atomic E-state index is 9.62. The van der Waals surface area contributed by atoms with Crippen LogP contribution in [0.5, 0.6) is 0 Å². The van der Waals surface area contributed by atoms with Gasteiger partial charge >= 0.3 is 0 Å². The smallest absolute Gasteiger partial charge is 0.164 e.